The van der Waals surface area contributed by atoms with Gasteiger partial charge in [-0.05, 0) is 50.8 Å². The van der Waals surface area contributed by atoms with E-state index >= 15 is 0 Å². The summed E-state index contributed by atoms with van der Waals surface area (Å²) in [5.41, 5.74) is 4.25. The van der Waals surface area contributed by atoms with Gasteiger partial charge >= 0.3 is 0 Å². The van der Waals surface area contributed by atoms with E-state index in [1.54, 1.807) is 0 Å². The fraction of sp³-hybridized carbons (Fsp3) is 0.800. The molecule has 18 heavy (non-hydrogen) atoms. The van der Waals surface area contributed by atoms with Crippen LogP contribution in [0.2, 0.25) is 0 Å². The number of nitrogens with one attached hydrogen (secondary N) is 1. The number of aryl methyl sites for hydroxylation is 2. The van der Waals surface area contributed by atoms with Crippen LogP contribution in [0.5, 0.6) is 0 Å². The molecule has 0 saturated carbocycles. The van der Waals surface area contributed by atoms with Crippen LogP contribution in [0.15, 0.2) is 0 Å². The molecule has 0 bridgehead atoms. The molecule has 0 aliphatic heterocycles. The van der Waals surface area contributed by atoms with Crippen molar-refractivity contribution in [3.05, 3.63) is 17.0 Å². The Morgan fingerprint density at radius 3 is 2.33 bits per heavy atom. The van der Waals surface area contributed by atoms with Gasteiger partial charge in [-0.15, -0.1) is 0 Å². The molecule has 1 rings (SSSR count). The average molecular weight is 251 g/mol. The summed E-state index contributed by atoms with van der Waals surface area (Å²) < 4.78 is 2.23. The standard InChI is InChI=1S/C15H29N3/c1-5-10-16-11-9-13-14(7-3)17-18(12-6-2)15(13)8-4/h16H,5-12H2,1-4H3. The van der Waals surface area contributed by atoms with Crippen LogP contribution in [0.3, 0.4) is 0 Å². The minimum atomic E-state index is 1.05. The van der Waals surface area contributed by atoms with Crippen LogP contribution in [-0.2, 0) is 25.8 Å². The molecule has 104 valence electrons. The Labute approximate surface area is 112 Å². The normalized spacial score (nSPS) is 11.1. The van der Waals surface area contributed by atoms with Crippen molar-refractivity contribution in [1.29, 1.82) is 0 Å². The SMILES string of the molecule is CCCNCCc1c(CC)nn(CCC)c1CC. The summed E-state index contributed by atoms with van der Waals surface area (Å²) >= 11 is 0. The number of aromatic nitrogens is 2. The van der Waals surface area contributed by atoms with Crippen LogP contribution in [0.4, 0.5) is 0 Å². The van der Waals surface area contributed by atoms with Gasteiger partial charge in [0.1, 0.15) is 0 Å². The van der Waals surface area contributed by atoms with Gasteiger partial charge in [-0.3, -0.25) is 4.68 Å². The molecular formula is C15H29N3. The Bertz CT molecular complexity index is 342. The summed E-state index contributed by atoms with van der Waals surface area (Å²) in [5.74, 6) is 0. The van der Waals surface area contributed by atoms with E-state index in [0.29, 0.717) is 0 Å². The minimum Gasteiger partial charge on any atom is -0.316 e. The summed E-state index contributed by atoms with van der Waals surface area (Å²) in [7, 11) is 0. The quantitative estimate of drug-likeness (QED) is 0.684. The van der Waals surface area contributed by atoms with Crippen molar-refractivity contribution in [3.8, 4) is 0 Å². The first kappa shape index (κ1) is 15.2. The molecule has 3 nitrogen and oxygen atoms in total. The Hall–Kier alpha value is -0.830. The lowest BCUT2D eigenvalue weighted by atomic mass is 10.1. The zero-order valence-corrected chi connectivity index (χ0v) is 12.6. The monoisotopic (exact) mass is 251 g/mol. The highest BCUT2D eigenvalue weighted by Crippen LogP contribution is 2.17. The lowest BCUT2D eigenvalue weighted by molar-refractivity contribution is 0.570. The molecule has 0 radical (unpaired) electrons. The van der Waals surface area contributed by atoms with Crippen molar-refractivity contribution in [2.75, 3.05) is 13.1 Å². The van der Waals surface area contributed by atoms with Gasteiger partial charge in [-0.2, -0.15) is 5.10 Å². The van der Waals surface area contributed by atoms with Gasteiger partial charge in [0.25, 0.3) is 0 Å². The second-order valence-corrected chi connectivity index (χ2v) is 4.80. The van der Waals surface area contributed by atoms with Crippen molar-refractivity contribution in [2.45, 2.75) is 66.3 Å². The fourth-order valence-electron chi connectivity index (χ4n) is 2.47. The number of rotatable bonds is 9. The van der Waals surface area contributed by atoms with E-state index < -0.39 is 0 Å². The smallest absolute Gasteiger partial charge is 0.0657 e. The summed E-state index contributed by atoms with van der Waals surface area (Å²) in [6.07, 6.45) is 5.63. The van der Waals surface area contributed by atoms with Gasteiger partial charge in [0.15, 0.2) is 0 Å². The Morgan fingerprint density at radius 2 is 1.78 bits per heavy atom. The maximum absolute atomic E-state index is 4.78. The van der Waals surface area contributed by atoms with E-state index in [1.807, 2.05) is 0 Å². The molecule has 0 atom stereocenters. The van der Waals surface area contributed by atoms with Crippen molar-refractivity contribution in [1.82, 2.24) is 15.1 Å². The molecule has 3 heteroatoms. The second-order valence-electron chi connectivity index (χ2n) is 4.80. The van der Waals surface area contributed by atoms with Crippen molar-refractivity contribution >= 4 is 0 Å². The van der Waals surface area contributed by atoms with Crippen molar-refractivity contribution in [3.63, 3.8) is 0 Å². The third kappa shape index (κ3) is 3.84. The van der Waals surface area contributed by atoms with Crippen molar-refractivity contribution < 1.29 is 0 Å². The van der Waals surface area contributed by atoms with Gasteiger partial charge < -0.3 is 5.32 Å². The lowest BCUT2D eigenvalue weighted by Crippen LogP contribution is -2.18. The maximum atomic E-state index is 4.78. The first-order chi connectivity index (χ1) is 8.78. The van der Waals surface area contributed by atoms with E-state index in [-0.39, 0.29) is 0 Å². The maximum Gasteiger partial charge on any atom is 0.0657 e. The Balaban J connectivity index is 2.78. The summed E-state index contributed by atoms with van der Waals surface area (Å²) in [6, 6.07) is 0. The largest absolute Gasteiger partial charge is 0.316 e. The van der Waals surface area contributed by atoms with Crippen LogP contribution >= 0.6 is 0 Å². The third-order valence-electron chi connectivity index (χ3n) is 3.33. The molecule has 1 heterocycles. The molecule has 0 aliphatic rings. The van der Waals surface area contributed by atoms with Gasteiger partial charge in [-0.25, -0.2) is 0 Å². The van der Waals surface area contributed by atoms with Crippen LogP contribution in [0.25, 0.3) is 0 Å². The molecule has 0 spiro atoms. The molecule has 0 aromatic carbocycles. The van der Waals surface area contributed by atoms with Gasteiger partial charge in [0.2, 0.25) is 0 Å². The first-order valence-corrected chi connectivity index (χ1v) is 7.56. The van der Waals surface area contributed by atoms with Gasteiger partial charge in [0, 0.05) is 12.2 Å². The Morgan fingerprint density at radius 1 is 1.00 bits per heavy atom. The molecule has 0 unspecified atom stereocenters. The average Bonchev–Trinajstić information content (AvgIpc) is 2.72. The van der Waals surface area contributed by atoms with Gasteiger partial charge in [0.05, 0.1) is 5.69 Å². The Kier molecular flexibility index (Phi) is 7.02. The molecule has 0 amide bonds. The summed E-state index contributed by atoms with van der Waals surface area (Å²) in [4.78, 5) is 0. The molecule has 0 aliphatic carbocycles. The van der Waals surface area contributed by atoms with E-state index in [4.69, 9.17) is 5.10 Å². The molecule has 1 N–H and O–H groups in total. The zero-order valence-electron chi connectivity index (χ0n) is 12.6. The topological polar surface area (TPSA) is 29.9 Å². The number of hydrogen-bond donors (Lipinski definition) is 1. The van der Waals surface area contributed by atoms with Crippen LogP contribution in [-0.4, -0.2) is 22.9 Å². The predicted octanol–water partition coefficient (Wildman–Crippen LogP) is 2.96. The second kappa shape index (κ2) is 8.30. The highest BCUT2D eigenvalue weighted by molar-refractivity contribution is 5.27. The minimum absolute atomic E-state index is 1.05. The first-order valence-electron chi connectivity index (χ1n) is 7.56. The number of hydrogen-bond acceptors (Lipinski definition) is 2. The lowest BCUT2D eigenvalue weighted by Gasteiger charge is -2.07. The highest BCUT2D eigenvalue weighted by Gasteiger charge is 2.14. The molecule has 0 saturated heterocycles. The molecule has 1 aromatic heterocycles. The van der Waals surface area contributed by atoms with E-state index in [2.05, 4.69) is 37.7 Å². The molecular weight excluding hydrogens is 222 g/mol. The summed E-state index contributed by atoms with van der Waals surface area (Å²) in [5, 5.41) is 8.27. The van der Waals surface area contributed by atoms with E-state index in [9.17, 15) is 0 Å². The fourth-order valence-corrected chi connectivity index (χ4v) is 2.47. The van der Waals surface area contributed by atoms with E-state index in [0.717, 1.165) is 45.3 Å². The molecule has 0 fully saturated rings. The van der Waals surface area contributed by atoms with Crippen LogP contribution in [0, 0.1) is 0 Å². The third-order valence-corrected chi connectivity index (χ3v) is 3.33. The zero-order chi connectivity index (χ0) is 13.4. The van der Waals surface area contributed by atoms with Gasteiger partial charge in [-0.1, -0.05) is 27.7 Å². The molecule has 1 aromatic rings. The highest BCUT2D eigenvalue weighted by atomic mass is 15.3. The number of nitrogens with zero attached hydrogens (tertiary/aromatic N) is 2. The van der Waals surface area contributed by atoms with Crippen molar-refractivity contribution in [2.24, 2.45) is 0 Å². The van der Waals surface area contributed by atoms with Crippen LogP contribution < -0.4 is 5.32 Å². The predicted molar refractivity (Wildman–Crippen MR) is 78.1 cm³/mol. The van der Waals surface area contributed by atoms with Crippen LogP contribution in [0.1, 0.15) is 57.5 Å². The van der Waals surface area contributed by atoms with E-state index in [1.165, 1.54) is 23.4 Å². The summed E-state index contributed by atoms with van der Waals surface area (Å²) in [6.45, 7) is 12.1.